The first kappa shape index (κ1) is 16.6. The third-order valence-electron chi connectivity index (χ3n) is 3.07. The monoisotopic (exact) mass is 383 g/mol. The number of carbonyl (C=O) groups is 2. The van der Waals surface area contributed by atoms with Crippen molar-refractivity contribution in [3.05, 3.63) is 55.0 Å². The molecule has 2 rings (SSSR count). The predicted octanol–water partition coefficient (Wildman–Crippen LogP) is 2.80. The number of ether oxygens (including phenoxy) is 1. The maximum absolute atomic E-state index is 12.2. The number of hydrogen-bond donors (Lipinski definition) is 0. The van der Waals surface area contributed by atoms with Crippen molar-refractivity contribution in [2.24, 2.45) is 0 Å². The van der Waals surface area contributed by atoms with Crippen molar-refractivity contribution in [3.8, 4) is 0 Å². The molecule has 116 valence electrons. The van der Waals surface area contributed by atoms with E-state index in [0.29, 0.717) is 11.3 Å². The molecule has 0 unspecified atom stereocenters. The molecule has 0 aliphatic rings. The van der Waals surface area contributed by atoms with Crippen molar-refractivity contribution >= 4 is 39.0 Å². The minimum absolute atomic E-state index is 0.188. The fourth-order valence-electron chi connectivity index (χ4n) is 1.86. The van der Waals surface area contributed by atoms with Crippen molar-refractivity contribution in [1.29, 1.82) is 0 Å². The van der Waals surface area contributed by atoms with E-state index in [1.807, 2.05) is 0 Å². The van der Waals surface area contributed by atoms with Crippen LogP contribution in [0.3, 0.4) is 0 Å². The number of aromatic nitrogens is 1. The number of rotatable bonds is 5. The summed E-state index contributed by atoms with van der Waals surface area (Å²) >= 11 is 4.32. The Morgan fingerprint density at radius 2 is 1.95 bits per heavy atom. The molecular weight excluding hydrogens is 370 g/mol. The van der Waals surface area contributed by atoms with Crippen LogP contribution >= 0.6 is 27.3 Å². The van der Waals surface area contributed by atoms with Crippen LogP contribution in [-0.4, -0.2) is 22.4 Å². The van der Waals surface area contributed by atoms with Crippen molar-refractivity contribution in [2.45, 2.75) is 26.5 Å². The summed E-state index contributed by atoms with van der Waals surface area (Å²) in [7, 11) is 0. The van der Waals surface area contributed by atoms with E-state index in [2.05, 4.69) is 15.9 Å². The smallest absolute Gasteiger partial charge is 0.326 e. The fraction of sp³-hybridized carbons (Fsp3) is 0.267. The zero-order valence-electron chi connectivity index (χ0n) is 12.0. The van der Waals surface area contributed by atoms with Crippen LogP contribution in [0.1, 0.15) is 23.0 Å². The van der Waals surface area contributed by atoms with Gasteiger partial charge in [-0.3, -0.25) is 19.0 Å². The third kappa shape index (κ3) is 3.92. The topological polar surface area (TPSA) is 65.4 Å². The highest BCUT2D eigenvalue weighted by atomic mass is 79.9. The highest BCUT2D eigenvalue weighted by molar-refractivity contribution is 9.10. The molecule has 0 aliphatic carbocycles. The van der Waals surface area contributed by atoms with Gasteiger partial charge in [-0.2, -0.15) is 0 Å². The minimum atomic E-state index is -0.900. The summed E-state index contributed by atoms with van der Waals surface area (Å²) in [5.41, 5.74) is 1.16. The summed E-state index contributed by atoms with van der Waals surface area (Å²) in [6.07, 6.45) is -0.900. The number of esters is 1. The van der Waals surface area contributed by atoms with E-state index in [0.717, 1.165) is 15.8 Å². The van der Waals surface area contributed by atoms with Crippen LogP contribution in [0, 0.1) is 6.92 Å². The zero-order valence-corrected chi connectivity index (χ0v) is 14.4. The number of Topliss-reactive ketones (excluding diaryl/α,β-unsaturated/α-hetero) is 1. The second-order valence-electron chi connectivity index (χ2n) is 4.73. The van der Waals surface area contributed by atoms with Gasteiger partial charge in [0.25, 0.3) is 0 Å². The average Bonchev–Trinajstić information content (AvgIpc) is 2.79. The molecule has 0 N–H and O–H groups in total. The maximum atomic E-state index is 12.2. The van der Waals surface area contributed by atoms with Gasteiger partial charge < -0.3 is 4.74 Å². The fourth-order valence-corrected chi connectivity index (χ4v) is 2.86. The molecule has 5 nitrogen and oxygen atoms in total. The molecule has 0 saturated carbocycles. The van der Waals surface area contributed by atoms with Crippen LogP contribution < -0.4 is 4.87 Å². The molecule has 0 aliphatic heterocycles. The Labute approximate surface area is 139 Å². The largest absolute Gasteiger partial charge is 0.453 e. The zero-order chi connectivity index (χ0) is 16.3. The van der Waals surface area contributed by atoms with Crippen molar-refractivity contribution in [1.82, 2.24) is 4.57 Å². The Hall–Kier alpha value is -1.73. The van der Waals surface area contributed by atoms with E-state index in [9.17, 15) is 14.4 Å². The normalized spacial score (nSPS) is 12.0. The Bertz CT molecular complexity index is 748. The number of halogens is 1. The van der Waals surface area contributed by atoms with Gasteiger partial charge in [-0.1, -0.05) is 39.4 Å². The molecule has 0 bridgehead atoms. The second-order valence-corrected chi connectivity index (χ2v) is 6.47. The molecule has 0 saturated heterocycles. The van der Waals surface area contributed by atoms with Gasteiger partial charge in [-0.25, -0.2) is 0 Å². The number of hydrogen-bond acceptors (Lipinski definition) is 5. The van der Waals surface area contributed by atoms with E-state index < -0.39 is 12.1 Å². The quantitative estimate of drug-likeness (QED) is 0.588. The first-order valence-corrected chi connectivity index (χ1v) is 8.20. The van der Waals surface area contributed by atoms with E-state index in [1.54, 1.807) is 36.6 Å². The Balaban J connectivity index is 2.00. The van der Waals surface area contributed by atoms with E-state index in [4.69, 9.17) is 4.74 Å². The van der Waals surface area contributed by atoms with Crippen LogP contribution in [0.15, 0.2) is 38.9 Å². The van der Waals surface area contributed by atoms with Crippen molar-refractivity contribution in [3.63, 3.8) is 0 Å². The number of thiazole rings is 1. The van der Waals surface area contributed by atoms with Gasteiger partial charge in [0.2, 0.25) is 5.78 Å². The summed E-state index contributed by atoms with van der Waals surface area (Å²) in [6, 6.07) is 6.81. The van der Waals surface area contributed by atoms with Gasteiger partial charge in [0.1, 0.15) is 6.54 Å². The van der Waals surface area contributed by atoms with Crippen LogP contribution in [0.4, 0.5) is 0 Å². The lowest BCUT2D eigenvalue weighted by molar-refractivity contribution is -0.147. The SMILES string of the molecule is Cc1csc(=O)n1CC(=O)O[C@@H](C)C(=O)c1ccc(Br)cc1. The molecule has 0 amide bonds. The van der Waals surface area contributed by atoms with Crippen molar-refractivity contribution < 1.29 is 14.3 Å². The Morgan fingerprint density at radius 1 is 1.32 bits per heavy atom. The number of ketones is 1. The number of carbonyl (C=O) groups excluding carboxylic acids is 2. The van der Waals surface area contributed by atoms with Gasteiger partial charge in [0, 0.05) is 21.1 Å². The highest BCUT2D eigenvalue weighted by Gasteiger charge is 2.20. The highest BCUT2D eigenvalue weighted by Crippen LogP contribution is 2.13. The van der Waals surface area contributed by atoms with Gasteiger partial charge in [-0.15, -0.1) is 0 Å². The predicted molar refractivity (Wildman–Crippen MR) is 87.3 cm³/mol. The molecule has 1 heterocycles. The lowest BCUT2D eigenvalue weighted by Crippen LogP contribution is -2.29. The minimum Gasteiger partial charge on any atom is -0.453 e. The first-order chi connectivity index (χ1) is 10.4. The molecular formula is C15H14BrNO4S. The standard InChI is InChI=1S/C15H14BrNO4S/c1-9-8-22-15(20)17(9)7-13(18)21-10(2)14(19)11-3-5-12(16)6-4-11/h3-6,8,10H,7H2,1-2H3/t10-/m0/s1. The summed E-state index contributed by atoms with van der Waals surface area (Å²) in [4.78, 5) is 35.4. The summed E-state index contributed by atoms with van der Waals surface area (Å²) in [5.74, 6) is -0.892. The average molecular weight is 384 g/mol. The van der Waals surface area contributed by atoms with Crippen LogP contribution in [0.25, 0.3) is 0 Å². The Morgan fingerprint density at radius 3 is 2.50 bits per heavy atom. The van der Waals surface area contributed by atoms with E-state index in [-0.39, 0.29) is 17.2 Å². The first-order valence-electron chi connectivity index (χ1n) is 6.52. The molecule has 1 atom stereocenters. The molecule has 1 aromatic carbocycles. The molecule has 1 aromatic heterocycles. The lowest BCUT2D eigenvalue weighted by Gasteiger charge is -2.13. The Kier molecular flexibility index (Phi) is 5.31. The molecule has 0 radical (unpaired) electrons. The second kappa shape index (κ2) is 7.02. The van der Waals surface area contributed by atoms with E-state index >= 15 is 0 Å². The van der Waals surface area contributed by atoms with Gasteiger partial charge in [-0.05, 0) is 26.0 Å². The molecule has 22 heavy (non-hydrogen) atoms. The molecule has 7 heteroatoms. The van der Waals surface area contributed by atoms with E-state index in [1.165, 1.54) is 11.5 Å². The number of aryl methyl sites for hydroxylation is 1. The summed E-state index contributed by atoms with van der Waals surface area (Å²) < 4.78 is 7.31. The lowest BCUT2D eigenvalue weighted by atomic mass is 10.1. The number of benzene rings is 1. The molecule has 0 spiro atoms. The van der Waals surface area contributed by atoms with Crippen molar-refractivity contribution in [2.75, 3.05) is 0 Å². The third-order valence-corrected chi connectivity index (χ3v) is 4.48. The summed E-state index contributed by atoms with van der Waals surface area (Å²) in [5, 5.41) is 1.67. The van der Waals surface area contributed by atoms with Gasteiger partial charge >= 0.3 is 10.8 Å². The van der Waals surface area contributed by atoms with Gasteiger partial charge in [0.15, 0.2) is 6.10 Å². The van der Waals surface area contributed by atoms with Crippen LogP contribution in [0.2, 0.25) is 0 Å². The number of nitrogens with zero attached hydrogens (tertiary/aromatic N) is 1. The summed E-state index contributed by atoms with van der Waals surface area (Å²) in [6.45, 7) is 3.07. The molecule has 0 fully saturated rings. The van der Waals surface area contributed by atoms with Crippen LogP contribution in [0.5, 0.6) is 0 Å². The van der Waals surface area contributed by atoms with Crippen LogP contribution in [-0.2, 0) is 16.1 Å². The van der Waals surface area contributed by atoms with Gasteiger partial charge in [0.05, 0.1) is 0 Å². The molecule has 2 aromatic rings. The maximum Gasteiger partial charge on any atom is 0.326 e.